The number of methoxy groups -OCH3 is 2. The Morgan fingerprint density at radius 3 is 2.44 bits per heavy atom. The SMILES string of the molecule is COc1ccc(/C=C/C(=O)N(C)Cc2ccc(Cl)cc2Cl)cc1OC. The molecule has 0 radical (unpaired) electrons. The zero-order valence-electron chi connectivity index (χ0n) is 14.3. The van der Waals surface area contributed by atoms with Crippen molar-refractivity contribution in [3.63, 3.8) is 0 Å². The van der Waals surface area contributed by atoms with Crippen LogP contribution in [0.25, 0.3) is 6.08 Å². The molecule has 25 heavy (non-hydrogen) atoms. The molecule has 0 spiro atoms. The molecule has 6 heteroatoms. The molecule has 0 aliphatic rings. The summed E-state index contributed by atoms with van der Waals surface area (Å²) < 4.78 is 10.4. The molecule has 0 saturated carbocycles. The minimum atomic E-state index is -0.138. The number of hydrogen-bond acceptors (Lipinski definition) is 3. The van der Waals surface area contributed by atoms with Crippen LogP contribution in [0.1, 0.15) is 11.1 Å². The Balaban J connectivity index is 2.06. The number of benzene rings is 2. The van der Waals surface area contributed by atoms with Gasteiger partial charge in [-0.1, -0.05) is 35.3 Å². The highest BCUT2D eigenvalue weighted by Crippen LogP contribution is 2.28. The van der Waals surface area contributed by atoms with Crippen LogP contribution in [0.2, 0.25) is 10.0 Å². The lowest BCUT2D eigenvalue weighted by Crippen LogP contribution is -2.24. The summed E-state index contributed by atoms with van der Waals surface area (Å²) in [6.45, 7) is 0.394. The van der Waals surface area contributed by atoms with Crippen LogP contribution in [0, 0.1) is 0 Å². The Bertz CT molecular complexity index is 790. The predicted molar refractivity (Wildman–Crippen MR) is 102 cm³/mol. The highest BCUT2D eigenvalue weighted by molar-refractivity contribution is 6.35. The van der Waals surface area contributed by atoms with Gasteiger partial charge in [-0.15, -0.1) is 0 Å². The second kappa shape index (κ2) is 8.79. The number of carbonyl (C=O) groups is 1. The molecule has 0 fully saturated rings. The van der Waals surface area contributed by atoms with E-state index in [4.69, 9.17) is 32.7 Å². The van der Waals surface area contributed by atoms with E-state index in [-0.39, 0.29) is 5.91 Å². The van der Waals surface area contributed by atoms with Crippen molar-refractivity contribution in [3.8, 4) is 11.5 Å². The molecule has 0 heterocycles. The monoisotopic (exact) mass is 379 g/mol. The zero-order valence-corrected chi connectivity index (χ0v) is 15.8. The maximum absolute atomic E-state index is 12.3. The molecule has 2 aromatic carbocycles. The minimum absolute atomic E-state index is 0.138. The largest absolute Gasteiger partial charge is 0.493 e. The number of amides is 1. The van der Waals surface area contributed by atoms with Crippen molar-refractivity contribution in [2.45, 2.75) is 6.54 Å². The second-order valence-electron chi connectivity index (χ2n) is 5.38. The van der Waals surface area contributed by atoms with E-state index in [0.29, 0.717) is 28.1 Å². The van der Waals surface area contributed by atoms with Gasteiger partial charge in [-0.05, 0) is 41.5 Å². The van der Waals surface area contributed by atoms with E-state index < -0.39 is 0 Å². The van der Waals surface area contributed by atoms with Gasteiger partial charge in [-0.3, -0.25) is 4.79 Å². The van der Waals surface area contributed by atoms with Gasteiger partial charge in [0.1, 0.15) is 0 Å². The molecule has 2 rings (SSSR count). The zero-order chi connectivity index (χ0) is 18.4. The molecule has 0 bridgehead atoms. The van der Waals surface area contributed by atoms with Crippen molar-refractivity contribution in [2.24, 2.45) is 0 Å². The lowest BCUT2D eigenvalue weighted by Gasteiger charge is -2.16. The standard InChI is InChI=1S/C19H19Cl2NO3/c1-22(12-14-6-7-15(20)11-16(14)21)19(23)9-5-13-4-8-17(24-2)18(10-13)25-3/h4-11H,12H2,1-3H3/b9-5+. The quantitative estimate of drug-likeness (QED) is 0.683. The first-order valence-corrected chi connectivity index (χ1v) is 8.29. The van der Waals surface area contributed by atoms with Gasteiger partial charge >= 0.3 is 0 Å². The van der Waals surface area contributed by atoms with Gasteiger partial charge in [0.05, 0.1) is 14.2 Å². The highest BCUT2D eigenvalue weighted by Gasteiger charge is 2.09. The van der Waals surface area contributed by atoms with Gasteiger partial charge < -0.3 is 14.4 Å². The van der Waals surface area contributed by atoms with E-state index in [2.05, 4.69) is 0 Å². The number of ether oxygens (including phenoxy) is 2. The first kappa shape index (κ1) is 19.2. The smallest absolute Gasteiger partial charge is 0.246 e. The first-order valence-electron chi connectivity index (χ1n) is 7.53. The van der Waals surface area contributed by atoms with Crippen LogP contribution < -0.4 is 9.47 Å². The van der Waals surface area contributed by atoms with Crippen molar-refractivity contribution in [1.82, 2.24) is 4.90 Å². The van der Waals surface area contributed by atoms with Crippen LogP contribution in [0.4, 0.5) is 0 Å². The van der Waals surface area contributed by atoms with Crippen molar-refractivity contribution in [2.75, 3.05) is 21.3 Å². The van der Waals surface area contributed by atoms with Crippen LogP contribution in [0.3, 0.4) is 0 Å². The van der Waals surface area contributed by atoms with Gasteiger partial charge in [-0.25, -0.2) is 0 Å². The van der Waals surface area contributed by atoms with Crippen molar-refractivity contribution in [3.05, 3.63) is 63.6 Å². The summed E-state index contributed by atoms with van der Waals surface area (Å²) in [7, 11) is 4.86. The molecule has 132 valence electrons. The average Bonchev–Trinajstić information content (AvgIpc) is 2.61. The molecule has 0 unspecified atom stereocenters. The highest BCUT2D eigenvalue weighted by atomic mass is 35.5. The topological polar surface area (TPSA) is 38.8 Å². The van der Waals surface area contributed by atoms with Gasteiger partial charge in [0.2, 0.25) is 5.91 Å². The molecule has 0 aliphatic heterocycles. The normalized spacial score (nSPS) is 10.8. The number of hydrogen-bond donors (Lipinski definition) is 0. The number of nitrogens with zero attached hydrogens (tertiary/aromatic N) is 1. The van der Waals surface area contributed by atoms with E-state index in [1.165, 1.54) is 6.08 Å². The van der Waals surface area contributed by atoms with Crippen LogP contribution in [-0.4, -0.2) is 32.1 Å². The number of likely N-dealkylation sites (N-methyl/N-ethyl adjacent to an activating group) is 1. The Hall–Kier alpha value is -2.17. The van der Waals surface area contributed by atoms with Crippen molar-refractivity contribution < 1.29 is 14.3 Å². The lowest BCUT2D eigenvalue weighted by atomic mass is 10.1. The fraction of sp³-hybridized carbons (Fsp3) is 0.211. The number of carbonyl (C=O) groups excluding carboxylic acids is 1. The van der Waals surface area contributed by atoms with E-state index in [1.807, 2.05) is 12.1 Å². The fourth-order valence-electron chi connectivity index (χ4n) is 2.23. The molecule has 0 N–H and O–H groups in total. The third-order valence-electron chi connectivity index (χ3n) is 3.62. The maximum atomic E-state index is 12.3. The molecule has 4 nitrogen and oxygen atoms in total. The Morgan fingerprint density at radius 2 is 1.80 bits per heavy atom. The number of halogens is 2. The third-order valence-corrected chi connectivity index (χ3v) is 4.21. The number of rotatable bonds is 6. The van der Waals surface area contributed by atoms with Crippen LogP contribution in [0.5, 0.6) is 11.5 Å². The molecule has 1 amide bonds. The summed E-state index contributed by atoms with van der Waals surface area (Å²) in [6, 6.07) is 10.7. The molecular formula is C19H19Cl2NO3. The molecule has 0 aromatic heterocycles. The van der Waals surface area contributed by atoms with Crippen LogP contribution >= 0.6 is 23.2 Å². The Labute approximate surface area is 157 Å². The van der Waals surface area contributed by atoms with Gasteiger partial charge in [0.25, 0.3) is 0 Å². The molecule has 0 atom stereocenters. The van der Waals surface area contributed by atoms with Gasteiger partial charge in [-0.2, -0.15) is 0 Å². The fourth-order valence-corrected chi connectivity index (χ4v) is 2.70. The Morgan fingerprint density at radius 1 is 1.08 bits per heavy atom. The molecule has 0 saturated heterocycles. The third kappa shape index (κ3) is 5.15. The average molecular weight is 380 g/mol. The van der Waals surface area contributed by atoms with E-state index in [9.17, 15) is 4.79 Å². The van der Waals surface area contributed by atoms with E-state index in [1.54, 1.807) is 56.5 Å². The molecular weight excluding hydrogens is 361 g/mol. The van der Waals surface area contributed by atoms with Gasteiger partial charge in [0.15, 0.2) is 11.5 Å². The summed E-state index contributed by atoms with van der Waals surface area (Å²) in [5.41, 5.74) is 1.67. The lowest BCUT2D eigenvalue weighted by molar-refractivity contribution is -0.125. The van der Waals surface area contributed by atoms with Gasteiger partial charge in [0, 0.05) is 29.7 Å². The summed E-state index contributed by atoms with van der Waals surface area (Å²) in [5, 5.41) is 1.10. The van der Waals surface area contributed by atoms with Crippen molar-refractivity contribution in [1.29, 1.82) is 0 Å². The summed E-state index contributed by atoms with van der Waals surface area (Å²) in [4.78, 5) is 13.9. The second-order valence-corrected chi connectivity index (χ2v) is 6.22. The summed E-state index contributed by atoms with van der Waals surface area (Å²) in [6.07, 6.45) is 3.23. The summed E-state index contributed by atoms with van der Waals surface area (Å²) in [5.74, 6) is 1.11. The van der Waals surface area contributed by atoms with Crippen LogP contribution in [-0.2, 0) is 11.3 Å². The predicted octanol–water partition coefficient (Wildman–Crippen LogP) is 4.68. The Kier molecular flexibility index (Phi) is 6.73. The molecule has 2 aromatic rings. The van der Waals surface area contributed by atoms with E-state index in [0.717, 1.165) is 11.1 Å². The first-order chi connectivity index (χ1) is 11.9. The molecule has 0 aliphatic carbocycles. The summed E-state index contributed by atoms with van der Waals surface area (Å²) >= 11 is 12.0. The van der Waals surface area contributed by atoms with Crippen LogP contribution in [0.15, 0.2) is 42.5 Å². The maximum Gasteiger partial charge on any atom is 0.246 e. The minimum Gasteiger partial charge on any atom is -0.493 e. The van der Waals surface area contributed by atoms with Crippen molar-refractivity contribution >= 4 is 35.2 Å². The van der Waals surface area contributed by atoms with E-state index >= 15 is 0 Å².